The summed E-state index contributed by atoms with van der Waals surface area (Å²) in [6.07, 6.45) is 11.7. The first kappa shape index (κ1) is 14.4. The Labute approximate surface area is 135 Å². The first-order chi connectivity index (χ1) is 10.8. The van der Waals surface area contributed by atoms with E-state index in [2.05, 4.69) is 15.3 Å². The lowest BCUT2D eigenvalue weighted by molar-refractivity contribution is 0.126. The summed E-state index contributed by atoms with van der Waals surface area (Å²) in [5, 5.41) is 14.6. The monoisotopic (exact) mass is 317 g/mol. The van der Waals surface area contributed by atoms with E-state index in [4.69, 9.17) is 0 Å². The molecule has 5 heteroatoms. The van der Waals surface area contributed by atoms with Crippen LogP contribution in [0.15, 0.2) is 6.33 Å². The third kappa shape index (κ3) is 2.72. The molecule has 2 heterocycles. The number of nitrogens with one attached hydrogen (secondary N) is 1. The van der Waals surface area contributed by atoms with Crippen LogP contribution in [0.2, 0.25) is 0 Å². The molecule has 118 valence electrons. The maximum absolute atomic E-state index is 9.67. The van der Waals surface area contributed by atoms with Gasteiger partial charge in [-0.3, -0.25) is 0 Å². The molecule has 2 aliphatic carbocycles. The fourth-order valence-corrected chi connectivity index (χ4v) is 5.02. The molecule has 1 saturated carbocycles. The van der Waals surface area contributed by atoms with Gasteiger partial charge in [0.25, 0.3) is 0 Å². The van der Waals surface area contributed by atoms with Crippen molar-refractivity contribution in [1.29, 1.82) is 0 Å². The molecule has 2 N–H and O–H groups in total. The van der Waals surface area contributed by atoms with Crippen LogP contribution in [0.5, 0.6) is 0 Å². The summed E-state index contributed by atoms with van der Waals surface area (Å²) >= 11 is 1.86. The van der Waals surface area contributed by atoms with Gasteiger partial charge >= 0.3 is 0 Å². The number of nitrogens with zero attached hydrogens (tertiary/aromatic N) is 2. The van der Waals surface area contributed by atoms with Crippen LogP contribution < -0.4 is 5.32 Å². The van der Waals surface area contributed by atoms with E-state index in [1.165, 1.54) is 47.9 Å². The molecular weight excluding hydrogens is 294 g/mol. The van der Waals surface area contributed by atoms with Crippen LogP contribution in [0.25, 0.3) is 10.2 Å². The second kappa shape index (κ2) is 6.13. The third-order valence-corrected chi connectivity index (χ3v) is 6.24. The second-order valence-corrected chi connectivity index (χ2v) is 7.70. The fraction of sp³-hybridized carbons (Fsp3) is 0.647. The SMILES string of the molecule is OC1CCC(Nc2ncnc3sc4c(c23)CCCCC4)CC1. The molecule has 2 aliphatic rings. The first-order valence-electron chi connectivity index (χ1n) is 8.51. The standard InChI is InChI=1S/C17H23N3OS/c21-12-8-6-11(7-9-12)20-16-15-13-4-2-1-3-5-14(13)22-17(15)19-10-18-16/h10-12,21H,1-9H2,(H,18,19,20). The minimum absolute atomic E-state index is 0.110. The maximum atomic E-state index is 9.67. The zero-order valence-corrected chi connectivity index (χ0v) is 13.7. The number of hydrogen-bond acceptors (Lipinski definition) is 5. The zero-order valence-electron chi connectivity index (χ0n) is 12.8. The molecule has 0 bridgehead atoms. The Kier molecular flexibility index (Phi) is 4.01. The highest BCUT2D eigenvalue weighted by atomic mass is 32.1. The first-order valence-corrected chi connectivity index (χ1v) is 9.33. The predicted octanol–water partition coefficient (Wildman–Crippen LogP) is 3.68. The van der Waals surface area contributed by atoms with Gasteiger partial charge in [0, 0.05) is 10.9 Å². The van der Waals surface area contributed by atoms with Gasteiger partial charge in [0.15, 0.2) is 0 Å². The lowest BCUT2D eigenvalue weighted by Gasteiger charge is -2.26. The van der Waals surface area contributed by atoms with Crippen LogP contribution >= 0.6 is 11.3 Å². The average molecular weight is 317 g/mol. The Hall–Kier alpha value is -1.20. The molecule has 0 radical (unpaired) electrons. The molecule has 2 aromatic rings. The molecular formula is C17H23N3OS. The Morgan fingerprint density at radius 3 is 2.73 bits per heavy atom. The van der Waals surface area contributed by atoms with Crippen molar-refractivity contribution in [3.63, 3.8) is 0 Å². The molecule has 22 heavy (non-hydrogen) atoms. The fourth-order valence-electron chi connectivity index (χ4n) is 3.79. The van der Waals surface area contributed by atoms with E-state index in [9.17, 15) is 5.11 Å². The number of fused-ring (bicyclic) bond motifs is 3. The highest BCUT2D eigenvalue weighted by Crippen LogP contribution is 2.38. The van der Waals surface area contributed by atoms with Crippen molar-refractivity contribution in [2.75, 3.05) is 5.32 Å². The van der Waals surface area contributed by atoms with Gasteiger partial charge < -0.3 is 10.4 Å². The van der Waals surface area contributed by atoms with Crippen molar-refractivity contribution in [3.8, 4) is 0 Å². The van der Waals surface area contributed by atoms with Crippen molar-refractivity contribution in [2.24, 2.45) is 0 Å². The Morgan fingerprint density at radius 2 is 1.86 bits per heavy atom. The number of anilines is 1. The average Bonchev–Trinajstić information content (AvgIpc) is 2.73. The number of aliphatic hydroxyl groups is 1. The quantitative estimate of drug-likeness (QED) is 0.830. The summed E-state index contributed by atoms with van der Waals surface area (Å²) in [6.45, 7) is 0. The lowest BCUT2D eigenvalue weighted by Crippen LogP contribution is -2.28. The van der Waals surface area contributed by atoms with E-state index in [1.54, 1.807) is 6.33 Å². The van der Waals surface area contributed by atoms with Crippen LogP contribution in [0, 0.1) is 0 Å². The Balaban J connectivity index is 1.67. The number of aryl methyl sites for hydroxylation is 2. The number of thiophene rings is 1. The minimum Gasteiger partial charge on any atom is -0.393 e. The lowest BCUT2D eigenvalue weighted by atomic mass is 9.93. The summed E-state index contributed by atoms with van der Waals surface area (Å²) in [5.74, 6) is 1.02. The molecule has 1 fully saturated rings. The minimum atomic E-state index is -0.110. The molecule has 4 rings (SSSR count). The van der Waals surface area contributed by atoms with Crippen LogP contribution in [0.1, 0.15) is 55.4 Å². The summed E-state index contributed by atoms with van der Waals surface area (Å²) < 4.78 is 0. The summed E-state index contributed by atoms with van der Waals surface area (Å²) in [7, 11) is 0. The third-order valence-electron chi connectivity index (χ3n) is 5.04. The summed E-state index contributed by atoms with van der Waals surface area (Å²) in [5.41, 5.74) is 1.50. The molecule has 0 aliphatic heterocycles. The van der Waals surface area contributed by atoms with Gasteiger partial charge in [-0.25, -0.2) is 9.97 Å². The summed E-state index contributed by atoms with van der Waals surface area (Å²) in [6, 6.07) is 0.433. The van der Waals surface area contributed by atoms with Crippen molar-refractivity contribution >= 4 is 27.4 Å². The Bertz CT molecular complexity index is 661. The van der Waals surface area contributed by atoms with Gasteiger partial charge in [0.1, 0.15) is 17.0 Å². The van der Waals surface area contributed by atoms with Gasteiger partial charge in [-0.1, -0.05) is 6.42 Å². The van der Waals surface area contributed by atoms with E-state index in [0.29, 0.717) is 6.04 Å². The van der Waals surface area contributed by atoms with Gasteiger partial charge in [-0.05, 0) is 56.9 Å². The van der Waals surface area contributed by atoms with Crippen molar-refractivity contribution in [1.82, 2.24) is 9.97 Å². The number of hydrogen-bond donors (Lipinski definition) is 2. The van der Waals surface area contributed by atoms with E-state index in [1.807, 2.05) is 11.3 Å². The smallest absolute Gasteiger partial charge is 0.138 e. The van der Waals surface area contributed by atoms with E-state index in [-0.39, 0.29) is 6.10 Å². The topological polar surface area (TPSA) is 58.0 Å². The molecule has 4 nitrogen and oxygen atoms in total. The van der Waals surface area contributed by atoms with Crippen LogP contribution in [0.3, 0.4) is 0 Å². The van der Waals surface area contributed by atoms with Gasteiger partial charge in [0.05, 0.1) is 11.5 Å². The highest BCUT2D eigenvalue weighted by Gasteiger charge is 2.23. The number of rotatable bonds is 2. The maximum Gasteiger partial charge on any atom is 0.138 e. The van der Waals surface area contributed by atoms with Gasteiger partial charge in [-0.15, -0.1) is 11.3 Å². The molecule has 2 aromatic heterocycles. The molecule has 0 spiro atoms. The highest BCUT2D eigenvalue weighted by molar-refractivity contribution is 7.18. The second-order valence-electron chi connectivity index (χ2n) is 6.62. The predicted molar refractivity (Wildman–Crippen MR) is 90.6 cm³/mol. The van der Waals surface area contributed by atoms with Crippen molar-refractivity contribution in [2.45, 2.75) is 69.9 Å². The number of aliphatic hydroxyl groups excluding tert-OH is 1. The van der Waals surface area contributed by atoms with Crippen molar-refractivity contribution in [3.05, 3.63) is 16.8 Å². The molecule has 0 aromatic carbocycles. The summed E-state index contributed by atoms with van der Waals surface area (Å²) in [4.78, 5) is 11.7. The molecule has 0 unspecified atom stereocenters. The molecule has 0 amide bonds. The normalized spacial score (nSPS) is 25.7. The van der Waals surface area contributed by atoms with Crippen LogP contribution in [0.4, 0.5) is 5.82 Å². The number of aromatic nitrogens is 2. The van der Waals surface area contributed by atoms with E-state index < -0.39 is 0 Å². The zero-order chi connectivity index (χ0) is 14.9. The van der Waals surface area contributed by atoms with Crippen molar-refractivity contribution < 1.29 is 5.11 Å². The van der Waals surface area contributed by atoms with E-state index >= 15 is 0 Å². The molecule has 0 atom stereocenters. The molecule has 0 saturated heterocycles. The van der Waals surface area contributed by atoms with Gasteiger partial charge in [0.2, 0.25) is 0 Å². The van der Waals surface area contributed by atoms with E-state index in [0.717, 1.165) is 36.3 Å². The van der Waals surface area contributed by atoms with Crippen LogP contribution in [-0.4, -0.2) is 27.2 Å². The van der Waals surface area contributed by atoms with Gasteiger partial charge in [-0.2, -0.15) is 0 Å². The van der Waals surface area contributed by atoms with Crippen LogP contribution in [-0.2, 0) is 12.8 Å². The largest absolute Gasteiger partial charge is 0.393 e. The Morgan fingerprint density at radius 1 is 1.05 bits per heavy atom.